The average molecular weight is 458 g/mol. The van der Waals surface area contributed by atoms with Crippen molar-refractivity contribution in [2.75, 3.05) is 16.7 Å². The Morgan fingerprint density at radius 2 is 1.97 bits per heavy atom. The molecule has 3 rings (SSSR count). The molecule has 0 amide bonds. The summed E-state index contributed by atoms with van der Waals surface area (Å²) in [6.07, 6.45) is 2.14. The fourth-order valence-electron chi connectivity index (χ4n) is 3.39. The molecule has 0 spiro atoms. The molecule has 0 atom stereocenters. The Kier molecular flexibility index (Phi) is 6.83. The van der Waals surface area contributed by atoms with E-state index in [2.05, 4.69) is 21.7 Å². The van der Waals surface area contributed by atoms with Crippen LogP contribution in [0, 0.1) is 13.8 Å². The number of nitrogens with one attached hydrogen (secondary N) is 1. The second kappa shape index (κ2) is 9.39. The van der Waals surface area contributed by atoms with Crippen LogP contribution < -0.4 is 9.62 Å². The highest BCUT2D eigenvalue weighted by molar-refractivity contribution is 7.92. The lowest BCUT2D eigenvalue weighted by Gasteiger charge is -2.22. The average Bonchev–Trinajstić information content (AvgIpc) is 3.06. The molecule has 1 aromatic carbocycles. The molecule has 0 aliphatic heterocycles. The van der Waals surface area contributed by atoms with Gasteiger partial charge < -0.3 is 10.0 Å². The molecule has 0 bridgehead atoms. The van der Waals surface area contributed by atoms with E-state index in [1.54, 1.807) is 37.1 Å². The molecule has 2 N–H and O–H groups in total. The summed E-state index contributed by atoms with van der Waals surface area (Å²) >= 11 is 0. The number of hydrogen-bond donors (Lipinski definition) is 2. The number of sulfonamides is 1. The number of aromatic nitrogens is 3. The topological polar surface area (TPSA) is 117 Å². The molecule has 0 saturated carbocycles. The van der Waals surface area contributed by atoms with Gasteiger partial charge in [-0.3, -0.25) is 9.40 Å². The Labute approximate surface area is 187 Å². The van der Waals surface area contributed by atoms with Crippen LogP contribution in [0.25, 0.3) is 0 Å². The highest BCUT2D eigenvalue weighted by Gasteiger charge is 2.21. The van der Waals surface area contributed by atoms with Crippen LogP contribution in [0.4, 0.5) is 11.5 Å². The van der Waals surface area contributed by atoms with Crippen molar-refractivity contribution in [3.8, 4) is 0 Å². The number of carboxylic acid groups (broad SMARTS) is 1. The van der Waals surface area contributed by atoms with Crippen molar-refractivity contribution < 1.29 is 18.3 Å². The zero-order valence-corrected chi connectivity index (χ0v) is 19.3. The first-order valence-electron chi connectivity index (χ1n) is 10.2. The summed E-state index contributed by atoms with van der Waals surface area (Å²) < 4.78 is 30.4. The van der Waals surface area contributed by atoms with Gasteiger partial charge in [-0.2, -0.15) is 5.10 Å². The Morgan fingerprint density at radius 3 is 2.62 bits per heavy atom. The lowest BCUT2D eigenvalue weighted by molar-refractivity contribution is 0.0696. The van der Waals surface area contributed by atoms with E-state index < -0.39 is 16.0 Å². The smallest absolute Gasteiger partial charge is 0.337 e. The van der Waals surface area contributed by atoms with Crippen LogP contribution in [0.3, 0.4) is 0 Å². The molecule has 0 unspecified atom stereocenters. The molecule has 10 heteroatoms. The summed E-state index contributed by atoms with van der Waals surface area (Å²) in [6, 6.07) is 9.73. The van der Waals surface area contributed by atoms with Crippen molar-refractivity contribution in [2.24, 2.45) is 0 Å². The van der Waals surface area contributed by atoms with E-state index in [0.717, 1.165) is 29.9 Å². The van der Waals surface area contributed by atoms with Crippen LogP contribution in [0.1, 0.15) is 40.7 Å². The monoisotopic (exact) mass is 457 g/mol. The van der Waals surface area contributed by atoms with Crippen LogP contribution in [0.2, 0.25) is 0 Å². The molecule has 2 aromatic heterocycles. The van der Waals surface area contributed by atoms with Gasteiger partial charge in [0.05, 0.1) is 34.1 Å². The van der Waals surface area contributed by atoms with Gasteiger partial charge in [0, 0.05) is 19.8 Å². The molecular formula is C22H27N5O4S. The fourth-order valence-corrected chi connectivity index (χ4v) is 4.55. The van der Waals surface area contributed by atoms with Gasteiger partial charge >= 0.3 is 5.97 Å². The maximum atomic E-state index is 13.0. The lowest BCUT2D eigenvalue weighted by atomic mass is 10.2. The van der Waals surface area contributed by atoms with Gasteiger partial charge in [0.25, 0.3) is 10.0 Å². The summed E-state index contributed by atoms with van der Waals surface area (Å²) in [4.78, 5) is 17.6. The number of anilines is 2. The van der Waals surface area contributed by atoms with Gasteiger partial charge in [0.2, 0.25) is 0 Å². The van der Waals surface area contributed by atoms with Gasteiger partial charge in [0.1, 0.15) is 0 Å². The van der Waals surface area contributed by atoms with Crippen LogP contribution >= 0.6 is 0 Å². The third kappa shape index (κ3) is 5.25. The van der Waals surface area contributed by atoms with Crippen molar-refractivity contribution in [1.29, 1.82) is 0 Å². The zero-order valence-electron chi connectivity index (χ0n) is 18.5. The van der Waals surface area contributed by atoms with E-state index in [4.69, 9.17) is 0 Å². The predicted octanol–water partition coefficient (Wildman–Crippen LogP) is 3.44. The molecule has 0 aliphatic rings. The molecule has 170 valence electrons. The molecule has 9 nitrogen and oxygen atoms in total. The van der Waals surface area contributed by atoms with E-state index in [-0.39, 0.29) is 16.1 Å². The van der Waals surface area contributed by atoms with Gasteiger partial charge in [-0.25, -0.2) is 18.2 Å². The quantitative estimate of drug-likeness (QED) is 0.505. The van der Waals surface area contributed by atoms with Crippen molar-refractivity contribution in [3.05, 3.63) is 65.1 Å². The number of nitrogens with zero attached hydrogens (tertiary/aromatic N) is 4. The first-order chi connectivity index (χ1) is 15.1. The first kappa shape index (κ1) is 23.3. The van der Waals surface area contributed by atoms with Gasteiger partial charge in [0.15, 0.2) is 5.82 Å². The molecule has 0 aliphatic carbocycles. The number of rotatable bonds is 9. The maximum absolute atomic E-state index is 13.0. The van der Waals surface area contributed by atoms with E-state index in [0.29, 0.717) is 12.4 Å². The number of pyridine rings is 1. The summed E-state index contributed by atoms with van der Waals surface area (Å²) in [6.45, 7) is 6.95. The van der Waals surface area contributed by atoms with E-state index in [1.807, 2.05) is 17.7 Å². The second-order valence-corrected chi connectivity index (χ2v) is 9.36. The zero-order chi connectivity index (χ0) is 23.5. The number of carboxylic acids is 1. The first-order valence-corrected chi connectivity index (χ1v) is 11.7. The van der Waals surface area contributed by atoms with Crippen molar-refractivity contribution in [3.63, 3.8) is 0 Å². The molecule has 32 heavy (non-hydrogen) atoms. The van der Waals surface area contributed by atoms with E-state index >= 15 is 0 Å². The van der Waals surface area contributed by atoms with Crippen molar-refractivity contribution in [2.45, 2.75) is 45.2 Å². The van der Waals surface area contributed by atoms with Crippen LogP contribution in [-0.2, 0) is 23.1 Å². The van der Waals surface area contributed by atoms with Crippen LogP contribution in [-0.4, -0.2) is 41.3 Å². The molecular weight excluding hydrogens is 430 g/mol. The van der Waals surface area contributed by atoms with E-state index in [1.165, 1.54) is 18.3 Å². The van der Waals surface area contributed by atoms with Crippen LogP contribution in [0.5, 0.6) is 0 Å². The predicted molar refractivity (Wildman–Crippen MR) is 123 cm³/mol. The third-order valence-electron chi connectivity index (χ3n) is 4.84. The van der Waals surface area contributed by atoms with Crippen molar-refractivity contribution >= 4 is 27.5 Å². The SMILES string of the molecule is CCCn1nc(C)cc1CN(C)c1ncc(C(=O)O)cc1NS(=O)(=O)c1cccc(C)c1. The molecule has 0 radical (unpaired) electrons. The standard InChI is InChI=1S/C22H27N5O4S/c1-5-9-27-18(11-16(3)24-27)14-26(4)21-20(12-17(13-23-21)22(28)29)25-32(30,31)19-8-6-7-15(2)10-19/h6-8,10-13,25H,5,9,14H2,1-4H3,(H,28,29). The largest absolute Gasteiger partial charge is 0.478 e. The Bertz CT molecular complexity index is 1240. The Morgan fingerprint density at radius 1 is 1.22 bits per heavy atom. The highest BCUT2D eigenvalue weighted by Crippen LogP contribution is 2.28. The van der Waals surface area contributed by atoms with Gasteiger partial charge in [-0.05, 0) is 50.1 Å². The van der Waals surface area contributed by atoms with E-state index in [9.17, 15) is 18.3 Å². The number of carbonyl (C=O) groups is 1. The second-order valence-electron chi connectivity index (χ2n) is 7.68. The Hall–Kier alpha value is -3.40. The minimum absolute atomic E-state index is 0.0866. The maximum Gasteiger partial charge on any atom is 0.337 e. The number of benzene rings is 1. The molecule has 0 saturated heterocycles. The molecule has 0 fully saturated rings. The fraction of sp³-hybridized carbons (Fsp3) is 0.318. The van der Waals surface area contributed by atoms with Gasteiger partial charge in [-0.15, -0.1) is 0 Å². The summed E-state index contributed by atoms with van der Waals surface area (Å²) in [7, 11) is -2.18. The summed E-state index contributed by atoms with van der Waals surface area (Å²) in [5.41, 5.74) is 2.60. The Balaban J connectivity index is 1.99. The summed E-state index contributed by atoms with van der Waals surface area (Å²) in [5.74, 6) is -0.882. The number of aryl methyl sites for hydroxylation is 3. The number of hydrogen-bond acceptors (Lipinski definition) is 6. The molecule has 2 heterocycles. The normalized spacial score (nSPS) is 11.4. The highest BCUT2D eigenvalue weighted by atomic mass is 32.2. The third-order valence-corrected chi connectivity index (χ3v) is 6.20. The van der Waals surface area contributed by atoms with Crippen molar-refractivity contribution in [1.82, 2.24) is 14.8 Å². The minimum Gasteiger partial charge on any atom is -0.478 e. The number of aromatic carboxylic acids is 1. The van der Waals surface area contributed by atoms with Gasteiger partial charge in [-0.1, -0.05) is 19.1 Å². The summed E-state index contributed by atoms with van der Waals surface area (Å²) in [5, 5.41) is 13.9. The molecule has 3 aromatic rings. The van der Waals surface area contributed by atoms with Crippen LogP contribution in [0.15, 0.2) is 47.5 Å². The lowest BCUT2D eigenvalue weighted by Crippen LogP contribution is -2.23. The minimum atomic E-state index is -3.95.